The van der Waals surface area contributed by atoms with Crippen LogP contribution in [0.3, 0.4) is 0 Å². The SMILES string of the molecule is CC(F)(F)CC(N)c1cccc(-c2ccc3cnn(-c4cccc(CO)n4)c3c2)n1. The van der Waals surface area contributed by atoms with Crippen LogP contribution in [0.4, 0.5) is 8.78 Å². The van der Waals surface area contributed by atoms with Gasteiger partial charge in [0, 0.05) is 17.4 Å². The van der Waals surface area contributed by atoms with Crippen LogP contribution >= 0.6 is 0 Å². The zero-order valence-electron chi connectivity index (χ0n) is 16.3. The van der Waals surface area contributed by atoms with Gasteiger partial charge in [-0.2, -0.15) is 5.10 Å². The molecule has 3 aromatic heterocycles. The largest absolute Gasteiger partial charge is 0.390 e. The molecule has 1 atom stereocenters. The molecule has 0 spiro atoms. The van der Waals surface area contributed by atoms with Crippen LogP contribution in [0.2, 0.25) is 0 Å². The van der Waals surface area contributed by atoms with Crippen molar-refractivity contribution in [2.45, 2.75) is 31.9 Å². The summed E-state index contributed by atoms with van der Waals surface area (Å²) < 4.78 is 28.4. The molecule has 0 aliphatic rings. The maximum absolute atomic E-state index is 13.3. The lowest BCUT2D eigenvalue weighted by molar-refractivity contribution is 0.00580. The van der Waals surface area contributed by atoms with Gasteiger partial charge in [-0.15, -0.1) is 0 Å². The Hall–Kier alpha value is -3.23. The minimum absolute atomic E-state index is 0.161. The fraction of sp³-hybridized carbons (Fsp3) is 0.227. The quantitative estimate of drug-likeness (QED) is 0.502. The molecule has 1 aromatic carbocycles. The summed E-state index contributed by atoms with van der Waals surface area (Å²) in [6, 6.07) is 15.5. The molecular formula is C22H21F2N5O. The van der Waals surface area contributed by atoms with Crippen molar-refractivity contribution in [2.75, 3.05) is 0 Å². The standard InChI is InChI=1S/C22H21F2N5O/c1-22(23,24)11-17(25)19-6-3-5-18(28-19)14-8-9-15-12-26-29(20(15)10-14)21-7-2-4-16(13-30)27-21/h2-10,12,17,30H,11,13,25H2,1H3. The van der Waals surface area contributed by atoms with E-state index in [-0.39, 0.29) is 6.61 Å². The van der Waals surface area contributed by atoms with E-state index in [0.717, 1.165) is 23.4 Å². The van der Waals surface area contributed by atoms with E-state index in [1.54, 1.807) is 41.2 Å². The van der Waals surface area contributed by atoms with Crippen LogP contribution in [0.5, 0.6) is 0 Å². The number of aromatic nitrogens is 4. The first-order chi connectivity index (χ1) is 14.3. The van der Waals surface area contributed by atoms with E-state index in [2.05, 4.69) is 15.1 Å². The van der Waals surface area contributed by atoms with E-state index in [4.69, 9.17) is 5.73 Å². The summed E-state index contributed by atoms with van der Waals surface area (Å²) in [5.41, 5.74) is 9.16. The molecule has 4 aromatic rings. The number of nitrogens with zero attached hydrogens (tertiary/aromatic N) is 4. The highest BCUT2D eigenvalue weighted by Crippen LogP contribution is 2.28. The normalized spacial score (nSPS) is 13.0. The van der Waals surface area contributed by atoms with Crippen molar-refractivity contribution in [1.82, 2.24) is 19.7 Å². The van der Waals surface area contributed by atoms with Gasteiger partial charge < -0.3 is 10.8 Å². The number of aliphatic hydroxyl groups excluding tert-OH is 1. The fourth-order valence-corrected chi connectivity index (χ4v) is 3.34. The van der Waals surface area contributed by atoms with E-state index >= 15 is 0 Å². The van der Waals surface area contributed by atoms with Gasteiger partial charge in [0.05, 0.1) is 41.4 Å². The Kier molecular flexibility index (Phi) is 5.27. The van der Waals surface area contributed by atoms with E-state index in [0.29, 0.717) is 22.9 Å². The Balaban J connectivity index is 1.73. The second-order valence-electron chi connectivity index (χ2n) is 7.30. The topological polar surface area (TPSA) is 89.8 Å². The van der Waals surface area contributed by atoms with Crippen molar-refractivity contribution in [2.24, 2.45) is 5.73 Å². The third kappa shape index (κ3) is 4.19. The zero-order valence-corrected chi connectivity index (χ0v) is 16.3. The lowest BCUT2D eigenvalue weighted by Gasteiger charge is -2.17. The van der Waals surface area contributed by atoms with Crippen molar-refractivity contribution in [3.05, 3.63) is 72.2 Å². The first kappa shape index (κ1) is 20.1. The van der Waals surface area contributed by atoms with Gasteiger partial charge in [-0.05, 0) is 37.3 Å². The lowest BCUT2D eigenvalue weighted by Crippen LogP contribution is -2.22. The summed E-state index contributed by atoms with van der Waals surface area (Å²) in [5, 5.41) is 14.7. The Bertz CT molecular complexity index is 1190. The van der Waals surface area contributed by atoms with Gasteiger partial charge in [-0.1, -0.05) is 24.3 Å². The maximum Gasteiger partial charge on any atom is 0.247 e. The van der Waals surface area contributed by atoms with Crippen molar-refractivity contribution in [1.29, 1.82) is 0 Å². The lowest BCUT2D eigenvalue weighted by atomic mass is 10.0. The molecule has 0 amide bonds. The zero-order chi connectivity index (χ0) is 21.3. The first-order valence-corrected chi connectivity index (χ1v) is 9.50. The van der Waals surface area contributed by atoms with Crippen molar-refractivity contribution in [3.8, 4) is 17.1 Å². The van der Waals surface area contributed by atoms with Crippen molar-refractivity contribution in [3.63, 3.8) is 0 Å². The predicted octanol–water partition coefficient (Wildman–Crippen LogP) is 4.02. The number of alkyl halides is 2. The fourth-order valence-electron chi connectivity index (χ4n) is 3.34. The number of rotatable bonds is 6. The molecule has 0 saturated heterocycles. The van der Waals surface area contributed by atoms with E-state index < -0.39 is 18.4 Å². The molecule has 4 rings (SSSR count). The van der Waals surface area contributed by atoms with Crippen LogP contribution in [0, 0.1) is 0 Å². The highest BCUT2D eigenvalue weighted by atomic mass is 19.3. The van der Waals surface area contributed by atoms with Crippen LogP contribution in [-0.4, -0.2) is 30.8 Å². The number of hydrogen-bond acceptors (Lipinski definition) is 5. The van der Waals surface area contributed by atoms with Gasteiger partial charge in [0.15, 0.2) is 5.82 Å². The second kappa shape index (κ2) is 7.89. The third-order valence-corrected chi connectivity index (χ3v) is 4.77. The minimum atomic E-state index is -2.86. The molecule has 3 N–H and O–H groups in total. The van der Waals surface area contributed by atoms with Gasteiger partial charge in [-0.3, -0.25) is 4.98 Å². The second-order valence-corrected chi connectivity index (χ2v) is 7.30. The number of aliphatic hydroxyl groups is 1. The Morgan fingerprint density at radius 1 is 1.10 bits per heavy atom. The summed E-state index contributed by atoms with van der Waals surface area (Å²) in [6.45, 7) is 0.692. The number of fused-ring (bicyclic) bond motifs is 1. The van der Waals surface area contributed by atoms with Crippen LogP contribution in [-0.2, 0) is 6.61 Å². The molecule has 3 heterocycles. The molecule has 154 valence electrons. The molecule has 6 nitrogen and oxygen atoms in total. The Morgan fingerprint density at radius 3 is 2.67 bits per heavy atom. The average Bonchev–Trinajstić information content (AvgIpc) is 3.16. The molecule has 0 aliphatic carbocycles. The highest BCUT2D eigenvalue weighted by Gasteiger charge is 2.26. The molecule has 0 fully saturated rings. The molecule has 8 heteroatoms. The van der Waals surface area contributed by atoms with Crippen LogP contribution in [0.25, 0.3) is 28.0 Å². The van der Waals surface area contributed by atoms with Gasteiger partial charge in [0.2, 0.25) is 5.92 Å². The third-order valence-electron chi connectivity index (χ3n) is 4.77. The summed E-state index contributed by atoms with van der Waals surface area (Å²) in [6.07, 6.45) is 1.26. The van der Waals surface area contributed by atoms with E-state index in [1.165, 1.54) is 0 Å². The number of benzene rings is 1. The van der Waals surface area contributed by atoms with Crippen molar-refractivity contribution >= 4 is 10.9 Å². The number of pyridine rings is 2. The molecule has 0 aliphatic heterocycles. The van der Waals surface area contributed by atoms with Gasteiger partial charge >= 0.3 is 0 Å². The maximum atomic E-state index is 13.3. The monoisotopic (exact) mass is 409 g/mol. The number of halogens is 2. The average molecular weight is 409 g/mol. The van der Waals surface area contributed by atoms with Gasteiger partial charge in [0.1, 0.15) is 0 Å². The van der Waals surface area contributed by atoms with E-state index in [1.807, 2.05) is 24.3 Å². The minimum Gasteiger partial charge on any atom is -0.390 e. The summed E-state index contributed by atoms with van der Waals surface area (Å²) in [4.78, 5) is 8.92. The van der Waals surface area contributed by atoms with Gasteiger partial charge in [-0.25, -0.2) is 18.4 Å². The number of hydrogen-bond donors (Lipinski definition) is 2. The van der Waals surface area contributed by atoms with Crippen LogP contribution < -0.4 is 5.73 Å². The number of nitrogens with two attached hydrogens (primary N) is 1. The van der Waals surface area contributed by atoms with Crippen molar-refractivity contribution < 1.29 is 13.9 Å². The Labute approximate surface area is 172 Å². The summed E-state index contributed by atoms with van der Waals surface area (Å²) in [5.74, 6) is -2.28. The molecule has 0 saturated carbocycles. The first-order valence-electron chi connectivity index (χ1n) is 9.50. The van der Waals surface area contributed by atoms with E-state index in [9.17, 15) is 13.9 Å². The predicted molar refractivity (Wildman–Crippen MR) is 110 cm³/mol. The van der Waals surface area contributed by atoms with Crippen LogP contribution in [0.15, 0.2) is 60.8 Å². The summed E-state index contributed by atoms with van der Waals surface area (Å²) in [7, 11) is 0. The van der Waals surface area contributed by atoms with Gasteiger partial charge in [0.25, 0.3) is 0 Å². The molecule has 0 bridgehead atoms. The highest BCUT2D eigenvalue weighted by molar-refractivity contribution is 5.84. The molecule has 30 heavy (non-hydrogen) atoms. The smallest absolute Gasteiger partial charge is 0.247 e. The summed E-state index contributed by atoms with van der Waals surface area (Å²) >= 11 is 0. The Morgan fingerprint density at radius 2 is 1.90 bits per heavy atom. The van der Waals surface area contributed by atoms with Crippen LogP contribution in [0.1, 0.15) is 30.8 Å². The molecule has 0 radical (unpaired) electrons. The molecular weight excluding hydrogens is 388 g/mol. The molecule has 1 unspecified atom stereocenters.